The molecule has 1 heterocycles. The van der Waals surface area contributed by atoms with E-state index < -0.39 is 80.1 Å². The molecule has 0 aliphatic carbocycles. The van der Waals surface area contributed by atoms with E-state index >= 15 is 0 Å². The normalized spacial score (nSPS) is 14.0. The van der Waals surface area contributed by atoms with Gasteiger partial charge in [-0.3, -0.25) is 29.3 Å². The van der Waals surface area contributed by atoms with Crippen molar-refractivity contribution in [2.24, 2.45) is 4.99 Å². The quantitative estimate of drug-likeness (QED) is 0.0956. The van der Waals surface area contributed by atoms with E-state index in [1.54, 1.807) is 18.2 Å². The summed E-state index contributed by atoms with van der Waals surface area (Å²) in [5, 5.41) is 24.7. The second-order valence-electron chi connectivity index (χ2n) is 8.34. The van der Waals surface area contributed by atoms with E-state index in [1.807, 2.05) is 0 Å². The van der Waals surface area contributed by atoms with Gasteiger partial charge in [0, 0.05) is 0 Å². The van der Waals surface area contributed by atoms with Crippen LogP contribution < -0.4 is 25.1 Å². The summed E-state index contributed by atoms with van der Waals surface area (Å²) >= 11 is 0. The molecule has 0 bridgehead atoms. The molecule has 1 aliphatic rings. The minimum atomic E-state index is -5.30. The molecule has 1 aliphatic heterocycles. The molecule has 0 unspecified atom stereocenters. The standard InChI is InChI=1S/C22H17N7O13S2.H2O/c1-41-18-8-16(28(31)32)20(43(35,36)37)10-14(18)26-24-22(23-13-6-4-3-5-7-13)25(12-30)27(26)15-11-21(44(38,39)40)17(29(33)34)9-19(15)42-2;/h3-11H,1-2H3,(H2-,23,24,35,36,37,38,39,40);1H2. The van der Waals surface area contributed by atoms with Gasteiger partial charge in [0.25, 0.3) is 11.4 Å². The van der Waals surface area contributed by atoms with Gasteiger partial charge < -0.3 is 14.9 Å². The average molecular weight is 670 g/mol. The second kappa shape index (κ2) is 12.5. The maximum atomic E-state index is 12.4. The number of carbonyl (C=O) groups excluding carboxylic acids is 1. The highest BCUT2D eigenvalue weighted by Gasteiger charge is 2.46. The summed E-state index contributed by atoms with van der Waals surface area (Å²) in [7, 11) is -8.50. The first-order valence-corrected chi connectivity index (χ1v) is 14.4. The Balaban J connectivity index is 0.00000552. The van der Waals surface area contributed by atoms with Crippen LogP contribution in [-0.4, -0.2) is 72.2 Å². The van der Waals surface area contributed by atoms with Gasteiger partial charge in [-0.25, -0.2) is 0 Å². The number of ether oxygens (including phenoxy) is 2. The van der Waals surface area contributed by atoms with Crippen LogP contribution in [0.5, 0.6) is 11.5 Å². The molecule has 0 saturated carbocycles. The zero-order valence-corrected chi connectivity index (χ0v) is 24.2. The average Bonchev–Trinajstić information content (AvgIpc) is 3.32. The number of methoxy groups -OCH3 is 2. The van der Waals surface area contributed by atoms with Crippen LogP contribution in [0.15, 0.2) is 69.4 Å². The van der Waals surface area contributed by atoms with Crippen molar-refractivity contribution in [3.8, 4) is 11.5 Å². The van der Waals surface area contributed by atoms with Crippen LogP contribution >= 0.6 is 0 Å². The zero-order valence-electron chi connectivity index (χ0n) is 22.5. The summed E-state index contributed by atoms with van der Waals surface area (Å²) in [6, 6.07) is 10.3. The highest BCUT2D eigenvalue weighted by atomic mass is 32.2. The molecular formula is C22H19N7O14S2. The number of nitrogens with one attached hydrogen (secondary N) is 1. The number of benzene rings is 3. The highest BCUT2D eigenvalue weighted by Crippen LogP contribution is 2.43. The fraction of sp³-hybridized carbons (Fsp3) is 0.0909. The molecule has 3 aromatic carbocycles. The second-order valence-corrected chi connectivity index (χ2v) is 11.1. The Morgan fingerprint density at radius 3 is 1.76 bits per heavy atom. The third kappa shape index (κ3) is 6.47. The minimum Gasteiger partial charge on any atom is -0.870 e. The van der Waals surface area contributed by atoms with Gasteiger partial charge in [0.2, 0.25) is 0 Å². The van der Waals surface area contributed by atoms with Crippen molar-refractivity contribution in [2.75, 3.05) is 24.5 Å². The van der Waals surface area contributed by atoms with Crippen LogP contribution in [0.1, 0.15) is 0 Å². The van der Waals surface area contributed by atoms with Gasteiger partial charge >= 0.3 is 32.3 Å². The number of nitrogens with zero attached hydrogens (tertiary/aromatic N) is 6. The van der Waals surface area contributed by atoms with Gasteiger partial charge in [-0.2, -0.15) is 27.1 Å². The molecule has 238 valence electrons. The number of nitro groups is 2. The topological polar surface area (TPSA) is 294 Å². The van der Waals surface area contributed by atoms with E-state index in [1.165, 1.54) is 18.2 Å². The van der Waals surface area contributed by atoms with Gasteiger partial charge in [-0.15, -0.1) is 5.12 Å². The Labute approximate surface area is 251 Å². The van der Waals surface area contributed by atoms with Crippen molar-refractivity contribution in [1.82, 2.24) is 5.43 Å². The number of rotatable bonds is 9. The van der Waals surface area contributed by atoms with E-state index in [0.717, 1.165) is 19.3 Å². The van der Waals surface area contributed by atoms with Crippen LogP contribution in [0.25, 0.3) is 0 Å². The Bertz CT molecular complexity index is 2000. The van der Waals surface area contributed by atoms with E-state index in [0.29, 0.717) is 34.1 Å². The summed E-state index contributed by atoms with van der Waals surface area (Å²) in [5.74, 6) is -1.33. The van der Waals surface area contributed by atoms with E-state index in [9.17, 15) is 51.0 Å². The Kier molecular flexibility index (Phi) is 9.38. The lowest BCUT2D eigenvalue weighted by molar-refractivity contribution is -0.411. The molecular weight excluding hydrogens is 650 g/mol. The maximum Gasteiger partial charge on any atom is 0.451 e. The Morgan fingerprint density at radius 2 is 1.33 bits per heavy atom. The van der Waals surface area contributed by atoms with Crippen molar-refractivity contribution in [1.29, 1.82) is 0 Å². The smallest absolute Gasteiger partial charge is 0.451 e. The lowest BCUT2D eigenvalue weighted by atomic mass is 10.2. The number of guanidine groups is 1. The molecule has 0 radical (unpaired) electrons. The largest absolute Gasteiger partial charge is 0.870 e. The number of nitro benzene ring substituents is 2. The summed E-state index contributed by atoms with van der Waals surface area (Å²) < 4.78 is 79.1. The van der Waals surface area contributed by atoms with Gasteiger partial charge in [0.1, 0.15) is 17.1 Å². The molecule has 21 nitrogen and oxygen atoms in total. The first-order valence-electron chi connectivity index (χ1n) is 11.5. The van der Waals surface area contributed by atoms with Crippen LogP contribution in [-0.2, 0) is 25.0 Å². The van der Waals surface area contributed by atoms with E-state index in [2.05, 4.69) is 10.4 Å². The van der Waals surface area contributed by atoms with Crippen molar-refractivity contribution in [3.05, 3.63) is 74.8 Å². The number of anilines is 2. The predicted molar refractivity (Wildman–Crippen MR) is 148 cm³/mol. The van der Waals surface area contributed by atoms with Gasteiger partial charge in [0.05, 0.1) is 36.2 Å². The van der Waals surface area contributed by atoms with Crippen molar-refractivity contribution >= 4 is 60.7 Å². The van der Waals surface area contributed by atoms with Crippen LogP contribution in [0.4, 0.5) is 28.4 Å². The molecule has 0 amide bonds. The molecule has 0 aromatic heterocycles. The van der Waals surface area contributed by atoms with Gasteiger partial charge in [-0.1, -0.05) is 28.3 Å². The number of hydrazine groups is 3. The van der Waals surface area contributed by atoms with E-state index in [-0.39, 0.29) is 11.2 Å². The third-order valence-corrected chi connectivity index (χ3v) is 7.54. The number of aliphatic imine (C=N–C) groups is 1. The SMILES string of the molecule is COc1cc([N+](=O)[O-])c(S(=O)(=O)O)cc1N1NC(=Nc2ccccc2)[N+](=C=O)N1c1cc(S(=O)(=O)O)c([N+](=O)[O-])cc1OC.[OH-]. The number of isocyanates is 1. The molecule has 0 spiro atoms. The van der Waals surface area contributed by atoms with Crippen molar-refractivity contribution in [3.63, 3.8) is 0 Å². The van der Waals surface area contributed by atoms with Gasteiger partial charge in [-0.05, 0) is 28.9 Å². The number of hydrogen-bond donors (Lipinski definition) is 3. The molecule has 3 aromatic rings. The minimum absolute atomic E-state index is 0. The molecule has 4 N–H and O–H groups in total. The predicted octanol–water partition coefficient (Wildman–Crippen LogP) is 1.53. The Hall–Kier alpha value is -5.71. The molecule has 1 fully saturated rings. The summed E-state index contributed by atoms with van der Waals surface area (Å²) in [6.45, 7) is 0. The summed E-state index contributed by atoms with van der Waals surface area (Å²) in [5.41, 5.74) is -0.389. The number of hydrogen-bond acceptors (Lipinski definition) is 15. The van der Waals surface area contributed by atoms with Gasteiger partial charge in [0.15, 0.2) is 21.3 Å². The molecule has 45 heavy (non-hydrogen) atoms. The highest BCUT2D eigenvalue weighted by molar-refractivity contribution is 7.86. The first-order chi connectivity index (χ1) is 20.6. The van der Waals surface area contributed by atoms with Crippen molar-refractivity contribution < 1.29 is 60.2 Å². The van der Waals surface area contributed by atoms with Crippen molar-refractivity contribution in [2.45, 2.75) is 9.79 Å². The molecule has 0 atom stereocenters. The van der Waals surface area contributed by atoms with Crippen LogP contribution in [0, 0.1) is 20.2 Å². The van der Waals surface area contributed by atoms with Crippen LogP contribution in [0.2, 0.25) is 0 Å². The Morgan fingerprint density at radius 1 is 0.867 bits per heavy atom. The number of hydrazone groups is 1. The first kappa shape index (κ1) is 33.8. The maximum absolute atomic E-state index is 12.4. The monoisotopic (exact) mass is 669 g/mol. The third-order valence-electron chi connectivity index (χ3n) is 5.78. The molecule has 23 heteroatoms. The van der Waals surface area contributed by atoms with E-state index in [4.69, 9.17) is 9.47 Å². The van der Waals surface area contributed by atoms with Crippen LogP contribution in [0.3, 0.4) is 0 Å². The lowest BCUT2D eigenvalue weighted by Crippen LogP contribution is -2.45. The fourth-order valence-corrected chi connectivity index (χ4v) is 5.27. The zero-order chi connectivity index (χ0) is 32.6. The lowest BCUT2D eigenvalue weighted by Gasteiger charge is -2.26. The number of para-hydroxylation sites is 1. The summed E-state index contributed by atoms with van der Waals surface area (Å²) in [4.78, 5) is 35.2. The molecule has 4 rings (SSSR count). The fourth-order valence-electron chi connectivity index (χ4n) is 3.95. The molecule has 1 saturated heterocycles. The summed E-state index contributed by atoms with van der Waals surface area (Å²) in [6.07, 6.45) is 1.50.